The zero-order valence-corrected chi connectivity index (χ0v) is 26.9. The molecule has 2 aliphatic rings. The highest BCUT2D eigenvalue weighted by Crippen LogP contribution is 2.43. The molecule has 2 aromatic carbocycles. The Morgan fingerprint density at radius 2 is 1.80 bits per heavy atom. The average Bonchev–Trinajstić information content (AvgIpc) is 3.54. The first-order chi connectivity index (χ1) is 21.3. The Morgan fingerprint density at radius 1 is 1.05 bits per heavy atom. The molecular weight excluding hydrogens is 574 g/mol. The molecule has 5 rings (SSSR count). The predicted molar refractivity (Wildman–Crippen MR) is 174 cm³/mol. The van der Waals surface area contributed by atoms with Crippen molar-refractivity contribution in [2.75, 3.05) is 32.3 Å². The van der Waals surface area contributed by atoms with Crippen LogP contribution < -0.4 is 20.1 Å². The number of methoxy groups -OCH3 is 2. The van der Waals surface area contributed by atoms with E-state index in [1.165, 1.54) is 16.9 Å². The monoisotopic (exact) mass is 619 g/mol. The van der Waals surface area contributed by atoms with E-state index < -0.39 is 5.41 Å². The number of aryl methyl sites for hydroxylation is 1. The van der Waals surface area contributed by atoms with Crippen LogP contribution in [-0.2, 0) is 9.59 Å². The highest BCUT2D eigenvalue weighted by atomic mass is 32.1. The summed E-state index contributed by atoms with van der Waals surface area (Å²) in [6.45, 7) is 2.68. The molecule has 0 radical (unpaired) electrons. The van der Waals surface area contributed by atoms with Crippen molar-refractivity contribution in [3.05, 3.63) is 59.8 Å². The maximum absolute atomic E-state index is 14.3. The molecule has 3 N–H and O–H groups in total. The van der Waals surface area contributed by atoms with Crippen LogP contribution in [0.3, 0.4) is 0 Å². The molecule has 0 atom stereocenters. The lowest BCUT2D eigenvalue weighted by atomic mass is 9.68. The second-order valence-electron chi connectivity index (χ2n) is 12.5. The van der Waals surface area contributed by atoms with Gasteiger partial charge in [0.05, 0.1) is 24.5 Å². The van der Waals surface area contributed by atoms with Crippen LogP contribution in [0, 0.1) is 24.2 Å². The molecule has 2 aliphatic carbocycles. The number of hydrogen-bond donors (Lipinski definition) is 2. The first-order valence-corrected chi connectivity index (χ1v) is 16.6. The molecule has 8 nitrogen and oxygen atoms in total. The summed E-state index contributed by atoms with van der Waals surface area (Å²) >= 11 is 1.48. The molecule has 2 saturated carbocycles. The van der Waals surface area contributed by atoms with E-state index in [0.717, 1.165) is 53.1 Å². The van der Waals surface area contributed by atoms with Gasteiger partial charge >= 0.3 is 0 Å². The molecule has 44 heavy (non-hydrogen) atoms. The fourth-order valence-electron chi connectivity index (χ4n) is 7.20. The molecule has 2 amide bonds. The number of amides is 2. The predicted octanol–water partition coefficient (Wildman–Crippen LogP) is 6.49. The number of primary amides is 1. The van der Waals surface area contributed by atoms with Crippen molar-refractivity contribution in [3.63, 3.8) is 0 Å². The van der Waals surface area contributed by atoms with Crippen molar-refractivity contribution in [1.82, 2.24) is 4.98 Å². The quantitative estimate of drug-likeness (QED) is 0.254. The number of hydrogen-bond acceptors (Lipinski definition) is 7. The van der Waals surface area contributed by atoms with E-state index >= 15 is 0 Å². The number of anilines is 1. The third-order valence-corrected chi connectivity index (χ3v) is 11.0. The van der Waals surface area contributed by atoms with Gasteiger partial charge < -0.3 is 25.2 Å². The number of benzene rings is 2. The van der Waals surface area contributed by atoms with Gasteiger partial charge in [-0.25, -0.2) is 4.98 Å². The van der Waals surface area contributed by atoms with E-state index in [9.17, 15) is 14.7 Å². The van der Waals surface area contributed by atoms with E-state index in [-0.39, 0.29) is 24.3 Å². The number of thiazole rings is 1. The minimum Gasteiger partial charge on any atom is -0.496 e. The molecule has 2 fully saturated rings. The van der Waals surface area contributed by atoms with Gasteiger partial charge in [-0.15, -0.1) is 0 Å². The van der Waals surface area contributed by atoms with Crippen LogP contribution in [0.25, 0.3) is 10.4 Å². The highest BCUT2D eigenvalue weighted by Gasteiger charge is 2.42. The standard InChI is InChI=1S/C35H45N3O5S/c1-23-19-27(11-12-30(23)42-2)25-9-7-24(8-10-25)22-38(29-6-4-5-28(20-29)31-21-37-34(43-3)44-31)32(40)26-13-15-35(16-14-26,17-18-39)33(36)41/h4-6,11-12,19-21,24-26,39H,7-10,13-18,22H2,1-3H3,(H2,36,41)/t24-,25-,26?,35?. The van der Waals surface area contributed by atoms with Crippen LogP contribution in [0.1, 0.15) is 74.8 Å². The number of ether oxygens (including phenoxy) is 2. The fraction of sp³-hybridized carbons (Fsp3) is 0.514. The Bertz CT molecular complexity index is 1440. The smallest absolute Gasteiger partial charge is 0.273 e. The summed E-state index contributed by atoms with van der Waals surface area (Å²) in [5, 5.41) is 10.2. The summed E-state index contributed by atoms with van der Waals surface area (Å²) in [6.07, 6.45) is 8.68. The Labute approximate surface area is 264 Å². The Hall–Kier alpha value is -3.43. The molecule has 1 aromatic heterocycles. The summed E-state index contributed by atoms with van der Waals surface area (Å²) in [5.74, 6) is 1.38. The molecule has 1 heterocycles. The molecule has 0 saturated heterocycles. The van der Waals surface area contributed by atoms with Crippen molar-refractivity contribution in [2.24, 2.45) is 23.0 Å². The van der Waals surface area contributed by atoms with Gasteiger partial charge in [0.1, 0.15) is 5.75 Å². The van der Waals surface area contributed by atoms with E-state index in [1.807, 2.05) is 29.3 Å². The summed E-state index contributed by atoms with van der Waals surface area (Å²) in [6, 6.07) is 14.7. The normalized spacial score (nSPS) is 23.6. The lowest BCUT2D eigenvalue weighted by Crippen LogP contribution is -2.45. The van der Waals surface area contributed by atoms with E-state index in [1.54, 1.807) is 14.2 Å². The maximum atomic E-state index is 14.3. The maximum Gasteiger partial charge on any atom is 0.273 e. The van der Waals surface area contributed by atoms with Gasteiger partial charge in [0.25, 0.3) is 5.19 Å². The van der Waals surface area contributed by atoms with Crippen LogP contribution in [-0.4, -0.2) is 49.3 Å². The lowest BCUT2D eigenvalue weighted by molar-refractivity contribution is -0.134. The number of aromatic nitrogens is 1. The van der Waals surface area contributed by atoms with Crippen molar-refractivity contribution >= 4 is 28.8 Å². The van der Waals surface area contributed by atoms with Crippen LogP contribution in [0.2, 0.25) is 0 Å². The first-order valence-electron chi connectivity index (χ1n) is 15.7. The zero-order valence-electron chi connectivity index (χ0n) is 26.1. The molecule has 0 aliphatic heterocycles. The van der Waals surface area contributed by atoms with Gasteiger partial charge in [-0.1, -0.05) is 35.6 Å². The SMILES string of the molecule is COc1ncc(-c2cccc(N(C[C@H]3CC[C@H](c4ccc(OC)c(C)c4)CC3)C(=O)C3CCC(CCO)(C(N)=O)CC3)c2)s1. The minimum absolute atomic E-state index is 0.0817. The van der Waals surface area contributed by atoms with Crippen LogP contribution in [0.4, 0.5) is 5.69 Å². The number of carbonyl (C=O) groups excluding carboxylic acids is 2. The second-order valence-corrected chi connectivity index (χ2v) is 13.5. The first kappa shape index (κ1) is 32.0. The summed E-state index contributed by atoms with van der Waals surface area (Å²) in [7, 11) is 3.32. The number of nitrogens with zero attached hydrogens (tertiary/aromatic N) is 2. The highest BCUT2D eigenvalue weighted by molar-refractivity contribution is 7.16. The minimum atomic E-state index is -0.723. The molecule has 3 aromatic rings. The molecular formula is C35H45N3O5S. The third kappa shape index (κ3) is 6.94. The largest absolute Gasteiger partial charge is 0.496 e. The number of rotatable bonds is 11. The summed E-state index contributed by atoms with van der Waals surface area (Å²) in [5.41, 5.74) is 9.47. The van der Waals surface area contributed by atoms with Crippen LogP contribution >= 0.6 is 11.3 Å². The van der Waals surface area contributed by atoms with Gasteiger partial charge in [-0.3, -0.25) is 9.59 Å². The van der Waals surface area contributed by atoms with Crippen LogP contribution in [0.5, 0.6) is 10.9 Å². The molecule has 0 spiro atoms. The Kier molecular flexibility index (Phi) is 10.3. The second kappa shape index (κ2) is 14.1. The number of nitrogens with two attached hydrogens (primary N) is 1. The lowest BCUT2D eigenvalue weighted by Gasteiger charge is -2.39. The average molecular weight is 620 g/mol. The molecule has 9 heteroatoms. The Balaban J connectivity index is 1.34. The van der Waals surface area contributed by atoms with Gasteiger partial charge in [0.2, 0.25) is 11.8 Å². The molecule has 236 valence electrons. The van der Waals surface area contributed by atoms with Crippen molar-refractivity contribution < 1.29 is 24.2 Å². The van der Waals surface area contributed by atoms with Gasteiger partial charge in [-0.05, 0) is 111 Å². The topological polar surface area (TPSA) is 115 Å². The van der Waals surface area contributed by atoms with Crippen molar-refractivity contribution in [3.8, 4) is 21.4 Å². The van der Waals surface area contributed by atoms with Gasteiger partial charge in [0.15, 0.2) is 0 Å². The fourth-order valence-corrected chi connectivity index (χ4v) is 7.93. The van der Waals surface area contributed by atoms with E-state index in [4.69, 9.17) is 15.2 Å². The molecule has 0 bridgehead atoms. The van der Waals surface area contributed by atoms with Gasteiger partial charge in [0, 0.05) is 31.0 Å². The number of aliphatic hydroxyl groups is 1. The van der Waals surface area contributed by atoms with Crippen LogP contribution in [0.15, 0.2) is 48.7 Å². The zero-order chi connectivity index (χ0) is 31.3. The van der Waals surface area contributed by atoms with E-state index in [0.29, 0.717) is 55.7 Å². The molecule has 0 unspecified atom stereocenters. The third-order valence-electron chi connectivity index (χ3n) is 9.95. The van der Waals surface area contributed by atoms with Gasteiger partial charge in [-0.2, -0.15) is 0 Å². The van der Waals surface area contributed by atoms with Crippen molar-refractivity contribution in [1.29, 1.82) is 0 Å². The summed E-state index contributed by atoms with van der Waals surface area (Å²) < 4.78 is 10.8. The number of carbonyl (C=O) groups is 2. The Morgan fingerprint density at radius 3 is 2.41 bits per heavy atom. The van der Waals surface area contributed by atoms with E-state index in [2.05, 4.69) is 36.2 Å². The number of aliphatic hydroxyl groups excluding tert-OH is 1. The van der Waals surface area contributed by atoms with Crippen molar-refractivity contribution in [2.45, 2.75) is 70.6 Å². The summed E-state index contributed by atoms with van der Waals surface area (Å²) in [4.78, 5) is 34.0.